The van der Waals surface area contributed by atoms with Crippen LogP contribution in [0.1, 0.15) is 24.2 Å². The van der Waals surface area contributed by atoms with Gasteiger partial charge in [-0.2, -0.15) is 0 Å². The van der Waals surface area contributed by atoms with E-state index < -0.39 is 0 Å². The molecular weight excluding hydrogens is 179 g/mol. The molecule has 0 aliphatic heterocycles. The number of hydrogen-bond donors (Lipinski definition) is 2. The number of aryl methyl sites for hydroxylation is 1. The number of halogens is 1. The second kappa shape index (κ2) is 3.10. The average Bonchev–Trinajstić information content (AvgIpc) is 2.46. The van der Waals surface area contributed by atoms with Crippen LogP contribution < -0.4 is 5.73 Å². The molecular formula is C11H13FN2. The third-order valence-corrected chi connectivity index (χ3v) is 2.39. The third kappa shape index (κ3) is 1.30. The lowest BCUT2D eigenvalue weighted by molar-refractivity contribution is 0.605. The topological polar surface area (TPSA) is 41.8 Å². The lowest BCUT2D eigenvalue weighted by Crippen LogP contribution is -2.07. The average molecular weight is 192 g/mol. The second-order valence-electron chi connectivity index (χ2n) is 3.67. The van der Waals surface area contributed by atoms with Crippen molar-refractivity contribution in [2.45, 2.75) is 19.9 Å². The maximum atomic E-state index is 13.8. The normalized spacial score (nSPS) is 13.4. The fourth-order valence-corrected chi connectivity index (χ4v) is 1.68. The number of benzene rings is 1. The summed E-state index contributed by atoms with van der Waals surface area (Å²) in [5, 5.41) is 0.622. The molecule has 14 heavy (non-hydrogen) atoms. The molecule has 1 heterocycles. The zero-order valence-corrected chi connectivity index (χ0v) is 8.26. The van der Waals surface area contributed by atoms with Gasteiger partial charge in [-0.1, -0.05) is 6.07 Å². The largest absolute Gasteiger partial charge is 0.359 e. The zero-order chi connectivity index (χ0) is 10.3. The van der Waals surface area contributed by atoms with Gasteiger partial charge in [0.25, 0.3) is 0 Å². The fourth-order valence-electron chi connectivity index (χ4n) is 1.68. The molecule has 1 aromatic carbocycles. The van der Waals surface area contributed by atoms with Gasteiger partial charge in [-0.25, -0.2) is 4.39 Å². The van der Waals surface area contributed by atoms with Crippen molar-refractivity contribution in [1.82, 2.24) is 4.98 Å². The first-order valence-corrected chi connectivity index (χ1v) is 4.63. The molecule has 0 amide bonds. The second-order valence-corrected chi connectivity index (χ2v) is 3.67. The quantitative estimate of drug-likeness (QED) is 0.716. The van der Waals surface area contributed by atoms with Gasteiger partial charge >= 0.3 is 0 Å². The molecule has 0 bridgehead atoms. The van der Waals surface area contributed by atoms with E-state index in [1.54, 1.807) is 19.1 Å². The highest BCUT2D eigenvalue weighted by Crippen LogP contribution is 2.24. The third-order valence-electron chi connectivity index (χ3n) is 2.39. The predicted octanol–water partition coefficient (Wildman–Crippen LogP) is 2.64. The zero-order valence-electron chi connectivity index (χ0n) is 8.26. The maximum absolute atomic E-state index is 13.8. The summed E-state index contributed by atoms with van der Waals surface area (Å²) < 4.78 is 13.8. The minimum atomic E-state index is -0.269. The van der Waals surface area contributed by atoms with E-state index in [1.165, 1.54) is 0 Å². The van der Waals surface area contributed by atoms with Crippen LogP contribution in [0.5, 0.6) is 0 Å². The smallest absolute Gasteiger partial charge is 0.137 e. The van der Waals surface area contributed by atoms with Gasteiger partial charge in [0, 0.05) is 28.2 Å². The Kier molecular flexibility index (Phi) is 2.04. The Labute approximate surface area is 81.9 Å². The number of aromatic nitrogens is 1. The van der Waals surface area contributed by atoms with Crippen LogP contribution in [0.4, 0.5) is 4.39 Å². The van der Waals surface area contributed by atoms with Gasteiger partial charge < -0.3 is 10.7 Å². The number of nitrogens with one attached hydrogen (secondary N) is 1. The van der Waals surface area contributed by atoms with Gasteiger partial charge in [-0.3, -0.25) is 0 Å². The lowest BCUT2D eigenvalue weighted by atomic mass is 10.1. The lowest BCUT2D eigenvalue weighted by Gasteiger charge is -2.07. The Morgan fingerprint density at radius 2 is 2.14 bits per heavy atom. The van der Waals surface area contributed by atoms with Crippen molar-refractivity contribution in [2.75, 3.05) is 0 Å². The molecule has 0 aliphatic carbocycles. The molecule has 0 fully saturated rings. The monoisotopic (exact) mass is 192 g/mol. The van der Waals surface area contributed by atoms with Gasteiger partial charge in [-0.15, -0.1) is 0 Å². The molecule has 1 atom stereocenters. The molecule has 0 saturated carbocycles. The molecule has 2 rings (SSSR count). The van der Waals surface area contributed by atoms with Crippen molar-refractivity contribution < 1.29 is 4.39 Å². The van der Waals surface area contributed by atoms with E-state index in [0.29, 0.717) is 10.9 Å². The van der Waals surface area contributed by atoms with Crippen molar-refractivity contribution in [3.63, 3.8) is 0 Å². The van der Waals surface area contributed by atoms with Crippen LogP contribution in [0.25, 0.3) is 10.9 Å². The highest BCUT2D eigenvalue weighted by molar-refractivity contribution is 5.82. The SMILES string of the molecule is Cc1cc2c(F)c([C@H](C)N)ccc2[nH]1. The van der Waals surface area contributed by atoms with Crippen LogP contribution in [0.2, 0.25) is 0 Å². The van der Waals surface area contributed by atoms with Crippen LogP contribution in [0, 0.1) is 12.7 Å². The fraction of sp³-hybridized carbons (Fsp3) is 0.273. The molecule has 2 aromatic rings. The van der Waals surface area contributed by atoms with E-state index in [4.69, 9.17) is 5.73 Å². The van der Waals surface area contributed by atoms with Crippen molar-refractivity contribution >= 4 is 10.9 Å². The summed E-state index contributed by atoms with van der Waals surface area (Å²) >= 11 is 0. The summed E-state index contributed by atoms with van der Waals surface area (Å²) in [4.78, 5) is 3.08. The van der Waals surface area contributed by atoms with Crippen molar-refractivity contribution in [2.24, 2.45) is 5.73 Å². The van der Waals surface area contributed by atoms with E-state index in [2.05, 4.69) is 4.98 Å². The minimum Gasteiger partial charge on any atom is -0.359 e. The van der Waals surface area contributed by atoms with E-state index in [9.17, 15) is 4.39 Å². The van der Waals surface area contributed by atoms with Crippen LogP contribution in [0.3, 0.4) is 0 Å². The molecule has 1 aromatic heterocycles. The molecule has 0 radical (unpaired) electrons. The molecule has 0 saturated heterocycles. The number of aromatic amines is 1. The highest BCUT2D eigenvalue weighted by Gasteiger charge is 2.11. The van der Waals surface area contributed by atoms with Crippen LogP contribution in [-0.4, -0.2) is 4.98 Å². The number of rotatable bonds is 1. The van der Waals surface area contributed by atoms with E-state index in [1.807, 2.05) is 13.0 Å². The molecule has 2 nitrogen and oxygen atoms in total. The van der Waals surface area contributed by atoms with Crippen molar-refractivity contribution in [3.05, 3.63) is 35.3 Å². The first kappa shape index (κ1) is 9.21. The van der Waals surface area contributed by atoms with Crippen molar-refractivity contribution in [3.8, 4) is 0 Å². The molecule has 3 N–H and O–H groups in total. The highest BCUT2D eigenvalue weighted by atomic mass is 19.1. The minimum absolute atomic E-state index is 0.207. The molecule has 74 valence electrons. The Bertz CT molecular complexity index is 471. The first-order valence-electron chi connectivity index (χ1n) is 4.63. The van der Waals surface area contributed by atoms with E-state index >= 15 is 0 Å². The summed E-state index contributed by atoms with van der Waals surface area (Å²) in [5.74, 6) is -0.207. The Balaban J connectivity index is 2.74. The van der Waals surface area contributed by atoms with Crippen LogP contribution >= 0.6 is 0 Å². The summed E-state index contributed by atoms with van der Waals surface area (Å²) in [5.41, 5.74) is 8.01. The van der Waals surface area contributed by atoms with Crippen LogP contribution in [0.15, 0.2) is 18.2 Å². The van der Waals surface area contributed by atoms with Gasteiger partial charge in [-0.05, 0) is 26.0 Å². The molecule has 3 heteroatoms. The van der Waals surface area contributed by atoms with Gasteiger partial charge in [0.15, 0.2) is 0 Å². The molecule has 0 aliphatic rings. The Morgan fingerprint density at radius 3 is 2.79 bits per heavy atom. The maximum Gasteiger partial charge on any atom is 0.137 e. The summed E-state index contributed by atoms with van der Waals surface area (Å²) in [6, 6.07) is 5.13. The van der Waals surface area contributed by atoms with E-state index in [0.717, 1.165) is 11.2 Å². The van der Waals surface area contributed by atoms with Crippen molar-refractivity contribution in [1.29, 1.82) is 0 Å². The number of hydrogen-bond acceptors (Lipinski definition) is 1. The standard InChI is InChI=1S/C11H13FN2/c1-6-5-9-10(14-6)4-3-8(7(2)13)11(9)12/h3-5,7,14H,13H2,1-2H3/t7-/m0/s1. The number of nitrogens with two attached hydrogens (primary N) is 1. The number of H-pyrrole nitrogens is 1. The summed E-state index contributed by atoms with van der Waals surface area (Å²) in [6.45, 7) is 3.69. The van der Waals surface area contributed by atoms with E-state index in [-0.39, 0.29) is 11.9 Å². The number of fused-ring (bicyclic) bond motifs is 1. The first-order chi connectivity index (χ1) is 6.59. The summed E-state index contributed by atoms with van der Waals surface area (Å²) in [7, 11) is 0. The Hall–Kier alpha value is -1.35. The Morgan fingerprint density at radius 1 is 1.43 bits per heavy atom. The van der Waals surface area contributed by atoms with Gasteiger partial charge in [0.05, 0.1) is 0 Å². The van der Waals surface area contributed by atoms with Crippen LogP contribution in [-0.2, 0) is 0 Å². The summed E-state index contributed by atoms with van der Waals surface area (Å²) in [6.07, 6.45) is 0. The van der Waals surface area contributed by atoms with Gasteiger partial charge in [0.1, 0.15) is 5.82 Å². The van der Waals surface area contributed by atoms with Gasteiger partial charge in [0.2, 0.25) is 0 Å². The predicted molar refractivity (Wildman–Crippen MR) is 55.6 cm³/mol. The molecule has 0 unspecified atom stereocenters. The molecule has 0 spiro atoms.